The van der Waals surface area contributed by atoms with Gasteiger partial charge in [0, 0.05) is 0 Å². The SMILES string of the molecule is CCOC(=O)C(C)c1c(Br)nc(C)nc1Oc1c(C)cc(C)cc1C. The predicted octanol–water partition coefficient (Wildman–Crippen LogP) is 4.93. The van der Waals surface area contributed by atoms with Gasteiger partial charge in [-0.1, -0.05) is 17.7 Å². The lowest BCUT2D eigenvalue weighted by Crippen LogP contribution is -2.16. The van der Waals surface area contributed by atoms with Crippen molar-refractivity contribution in [3.05, 3.63) is 44.8 Å². The molecule has 1 aromatic heterocycles. The van der Waals surface area contributed by atoms with Crippen molar-refractivity contribution in [2.24, 2.45) is 0 Å². The van der Waals surface area contributed by atoms with Gasteiger partial charge in [0.1, 0.15) is 16.2 Å². The van der Waals surface area contributed by atoms with Crippen molar-refractivity contribution >= 4 is 21.9 Å². The zero-order valence-corrected chi connectivity index (χ0v) is 17.0. The third-order valence-electron chi connectivity index (χ3n) is 3.85. The second-order valence-corrected chi connectivity index (χ2v) is 6.84. The van der Waals surface area contributed by atoms with Gasteiger partial charge in [0.05, 0.1) is 18.1 Å². The highest BCUT2D eigenvalue weighted by Gasteiger charge is 2.26. The molecule has 2 aromatic rings. The highest BCUT2D eigenvalue weighted by molar-refractivity contribution is 9.10. The molecule has 0 N–H and O–H groups in total. The molecule has 1 aromatic carbocycles. The molecule has 0 amide bonds. The van der Waals surface area contributed by atoms with E-state index in [0.717, 1.165) is 16.9 Å². The van der Waals surface area contributed by atoms with E-state index in [-0.39, 0.29) is 5.97 Å². The summed E-state index contributed by atoms with van der Waals surface area (Å²) in [5.41, 5.74) is 3.78. The average molecular weight is 407 g/mol. The fraction of sp³-hybridized carbons (Fsp3) is 0.421. The third-order valence-corrected chi connectivity index (χ3v) is 4.46. The van der Waals surface area contributed by atoms with Crippen LogP contribution in [0.5, 0.6) is 11.6 Å². The molecular weight excluding hydrogens is 384 g/mol. The van der Waals surface area contributed by atoms with Crippen molar-refractivity contribution in [3.8, 4) is 11.6 Å². The van der Waals surface area contributed by atoms with Gasteiger partial charge in [0.15, 0.2) is 0 Å². The summed E-state index contributed by atoms with van der Waals surface area (Å²) in [4.78, 5) is 21.0. The lowest BCUT2D eigenvalue weighted by atomic mass is 10.0. The number of rotatable bonds is 5. The Hall–Kier alpha value is -1.95. The van der Waals surface area contributed by atoms with Gasteiger partial charge in [-0.3, -0.25) is 4.79 Å². The molecule has 1 heterocycles. The Morgan fingerprint density at radius 2 is 1.76 bits per heavy atom. The third kappa shape index (κ3) is 4.37. The van der Waals surface area contributed by atoms with Gasteiger partial charge in [0.25, 0.3) is 0 Å². The number of benzene rings is 1. The maximum Gasteiger partial charge on any atom is 0.313 e. The van der Waals surface area contributed by atoms with Gasteiger partial charge in [-0.2, -0.15) is 4.98 Å². The van der Waals surface area contributed by atoms with E-state index in [0.29, 0.717) is 28.5 Å². The van der Waals surface area contributed by atoms with E-state index in [1.165, 1.54) is 5.56 Å². The lowest BCUT2D eigenvalue weighted by Gasteiger charge is -2.18. The normalized spacial score (nSPS) is 12.0. The summed E-state index contributed by atoms with van der Waals surface area (Å²) in [6.07, 6.45) is 0. The Balaban J connectivity index is 2.53. The number of hydrogen-bond donors (Lipinski definition) is 0. The number of carbonyl (C=O) groups is 1. The van der Waals surface area contributed by atoms with E-state index < -0.39 is 5.92 Å². The fourth-order valence-corrected chi connectivity index (χ4v) is 3.54. The first-order valence-corrected chi connectivity index (χ1v) is 9.00. The molecule has 2 rings (SSSR count). The van der Waals surface area contributed by atoms with Crippen LogP contribution in [0.25, 0.3) is 0 Å². The van der Waals surface area contributed by atoms with Crippen molar-refractivity contribution < 1.29 is 14.3 Å². The number of aromatic nitrogens is 2. The largest absolute Gasteiger partial charge is 0.466 e. The standard InChI is InChI=1S/C19H23BrN2O3/c1-7-24-19(23)13(5)15-17(20)21-14(6)22-18(15)25-16-11(3)8-10(2)9-12(16)4/h8-9,13H,7H2,1-6H3. The summed E-state index contributed by atoms with van der Waals surface area (Å²) >= 11 is 3.44. The Morgan fingerprint density at radius 1 is 1.16 bits per heavy atom. The van der Waals surface area contributed by atoms with E-state index in [4.69, 9.17) is 9.47 Å². The van der Waals surface area contributed by atoms with Crippen LogP contribution < -0.4 is 4.74 Å². The molecule has 0 aliphatic heterocycles. The van der Waals surface area contributed by atoms with Crippen molar-refractivity contribution in [1.29, 1.82) is 0 Å². The van der Waals surface area contributed by atoms with Crippen molar-refractivity contribution in [2.45, 2.75) is 47.5 Å². The molecule has 1 atom stereocenters. The van der Waals surface area contributed by atoms with E-state index in [9.17, 15) is 4.79 Å². The van der Waals surface area contributed by atoms with Crippen LogP contribution in [0.3, 0.4) is 0 Å². The van der Waals surface area contributed by atoms with E-state index in [1.807, 2.05) is 20.8 Å². The van der Waals surface area contributed by atoms with Crippen molar-refractivity contribution in [2.75, 3.05) is 6.61 Å². The predicted molar refractivity (Wildman–Crippen MR) is 100 cm³/mol. The second-order valence-electron chi connectivity index (χ2n) is 6.08. The summed E-state index contributed by atoms with van der Waals surface area (Å²) in [7, 11) is 0. The molecule has 0 bridgehead atoms. The van der Waals surface area contributed by atoms with Crippen molar-refractivity contribution in [3.63, 3.8) is 0 Å². The van der Waals surface area contributed by atoms with Gasteiger partial charge in [0.2, 0.25) is 5.88 Å². The van der Waals surface area contributed by atoms with Crippen LogP contribution in [-0.4, -0.2) is 22.5 Å². The van der Waals surface area contributed by atoms with E-state index in [1.54, 1.807) is 20.8 Å². The Morgan fingerprint density at radius 3 is 2.32 bits per heavy atom. The number of carbonyl (C=O) groups excluding carboxylic acids is 1. The molecular formula is C19H23BrN2O3. The van der Waals surface area contributed by atoms with Crippen LogP contribution >= 0.6 is 15.9 Å². The number of esters is 1. The molecule has 0 radical (unpaired) electrons. The zero-order valence-electron chi connectivity index (χ0n) is 15.4. The summed E-state index contributed by atoms with van der Waals surface area (Å²) in [5, 5.41) is 0. The molecule has 5 nitrogen and oxygen atoms in total. The topological polar surface area (TPSA) is 61.3 Å². The minimum absolute atomic E-state index is 0.319. The second kappa shape index (κ2) is 7.95. The Bertz CT molecular complexity index is 782. The average Bonchev–Trinajstić information content (AvgIpc) is 2.50. The quantitative estimate of drug-likeness (QED) is 0.520. The molecule has 134 valence electrons. The first-order chi connectivity index (χ1) is 11.7. The van der Waals surface area contributed by atoms with Gasteiger partial charge < -0.3 is 9.47 Å². The molecule has 0 saturated heterocycles. The van der Waals surface area contributed by atoms with Crippen LogP contribution in [0.2, 0.25) is 0 Å². The maximum atomic E-state index is 12.2. The maximum absolute atomic E-state index is 12.2. The number of halogens is 1. The number of nitrogens with zero attached hydrogens (tertiary/aromatic N) is 2. The van der Waals surface area contributed by atoms with Gasteiger partial charge in [-0.25, -0.2) is 4.98 Å². The van der Waals surface area contributed by atoms with Crippen molar-refractivity contribution in [1.82, 2.24) is 9.97 Å². The summed E-state index contributed by atoms with van der Waals surface area (Å²) in [5.74, 6) is 0.792. The molecule has 6 heteroatoms. The Kier molecular flexibility index (Phi) is 6.16. The minimum Gasteiger partial charge on any atom is -0.466 e. The molecule has 0 aliphatic carbocycles. The first kappa shape index (κ1) is 19.4. The first-order valence-electron chi connectivity index (χ1n) is 8.21. The fourth-order valence-electron chi connectivity index (χ4n) is 2.77. The minimum atomic E-state index is -0.545. The molecule has 0 spiro atoms. The highest BCUT2D eigenvalue weighted by Crippen LogP contribution is 2.36. The number of ether oxygens (including phenoxy) is 2. The molecule has 0 aliphatic rings. The van der Waals surface area contributed by atoms with Crippen LogP contribution in [0.1, 0.15) is 47.8 Å². The Labute approximate surface area is 156 Å². The smallest absolute Gasteiger partial charge is 0.313 e. The summed E-state index contributed by atoms with van der Waals surface area (Å²) in [6, 6.07) is 4.11. The zero-order chi connectivity index (χ0) is 18.7. The number of aryl methyl sites for hydroxylation is 4. The molecule has 0 fully saturated rings. The van der Waals surface area contributed by atoms with Crippen LogP contribution in [-0.2, 0) is 9.53 Å². The number of hydrogen-bond acceptors (Lipinski definition) is 5. The lowest BCUT2D eigenvalue weighted by molar-refractivity contribution is -0.144. The van der Waals surface area contributed by atoms with Gasteiger partial charge in [-0.05, 0) is 68.6 Å². The van der Waals surface area contributed by atoms with Crippen LogP contribution in [0.4, 0.5) is 0 Å². The van der Waals surface area contributed by atoms with Crippen LogP contribution in [0, 0.1) is 27.7 Å². The molecule has 0 saturated carbocycles. The highest BCUT2D eigenvalue weighted by atomic mass is 79.9. The molecule has 25 heavy (non-hydrogen) atoms. The van der Waals surface area contributed by atoms with Gasteiger partial charge in [-0.15, -0.1) is 0 Å². The van der Waals surface area contributed by atoms with E-state index in [2.05, 4.69) is 38.0 Å². The monoisotopic (exact) mass is 406 g/mol. The summed E-state index contributed by atoms with van der Waals surface area (Å²) < 4.78 is 11.8. The van der Waals surface area contributed by atoms with Crippen LogP contribution in [0.15, 0.2) is 16.7 Å². The van der Waals surface area contributed by atoms with E-state index >= 15 is 0 Å². The van der Waals surface area contributed by atoms with Gasteiger partial charge >= 0.3 is 5.97 Å². The molecule has 1 unspecified atom stereocenters. The summed E-state index contributed by atoms with van der Waals surface area (Å²) in [6.45, 7) is 11.7.